The molecule has 4 aromatic carbocycles. The van der Waals surface area contributed by atoms with Gasteiger partial charge >= 0.3 is 0 Å². The molecule has 0 spiro atoms. The summed E-state index contributed by atoms with van der Waals surface area (Å²) in [6.07, 6.45) is 0.901. The Balaban J connectivity index is 1.42. The average Bonchev–Trinajstić information content (AvgIpc) is 3.56. The van der Waals surface area contributed by atoms with E-state index < -0.39 is 0 Å². The number of hydrogen-bond donors (Lipinski definition) is 1. The van der Waals surface area contributed by atoms with Crippen LogP contribution in [0.15, 0.2) is 84.9 Å². The van der Waals surface area contributed by atoms with Crippen LogP contribution < -0.4 is 10.2 Å². The summed E-state index contributed by atoms with van der Waals surface area (Å²) in [6, 6.07) is 28.1. The van der Waals surface area contributed by atoms with Crippen molar-refractivity contribution < 1.29 is 14.3 Å². The summed E-state index contributed by atoms with van der Waals surface area (Å²) in [7, 11) is 4.00. The molecule has 0 saturated carbocycles. The van der Waals surface area contributed by atoms with Crippen LogP contribution in [0.1, 0.15) is 51.6 Å². The molecular formula is C36H36N4O3. The Kier molecular flexibility index (Phi) is 6.70. The largest absolute Gasteiger partial charge is 0.355 e. The first kappa shape index (κ1) is 27.2. The molecule has 5 aromatic rings. The second-order valence-electron chi connectivity index (χ2n) is 11.8. The average molecular weight is 573 g/mol. The van der Waals surface area contributed by atoms with Crippen LogP contribution in [0.25, 0.3) is 21.8 Å². The third-order valence-corrected chi connectivity index (χ3v) is 9.24. The molecule has 0 aliphatic carbocycles. The first-order valence-corrected chi connectivity index (χ1v) is 15.0. The molecule has 3 heterocycles. The van der Waals surface area contributed by atoms with Crippen LogP contribution in [-0.2, 0) is 18.3 Å². The number of carbonyl (C=O) groups is 2. The Morgan fingerprint density at radius 3 is 2.37 bits per heavy atom. The number of benzene rings is 4. The zero-order valence-corrected chi connectivity index (χ0v) is 25.0. The number of fused-ring (bicyclic) bond motifs is 5. The van der Waals surface area contributed by atoms with E-state index in [0.29, 0.717) is 18.5 Å². The summed E-state index contributed by atoms with van der Waals surface area (Å²) in [6.45, 7) is 4.65. The number of ether oxygens (including phenoxy) is 1. The lowest BCUT2D eigenvalue weighted by atomic mass is 9.94. The zero-order valence-electron chi connectivity index (χ0n) is 25.0. The van der Waals surface area contributed by atoms with E-state index in [1.54, 1.807) is 0 Å². The van der Waals surface area contributed by atoms with Crippen LogP contribution in [0.4, 0.5) is 11.4 Å². The number of nitrogens with zero attached hydrogens (tertiary/aromatic N) is 3. The van der Waals surface area contributed by atoms with Gasteiger partial charge in [-0.1, -0.05) is 54.6 Å². The minimum atomic E-state index is -0.371. The standard InChI is InChI=1S/C36H36N4O3/c1-22-19-26(38(3)36(42)24-13-7-5-8-14-24)20-30(43-22)40(25-15-9-6-10-16-25)33-23(2)31-28(21-37-35(31)41)32-27-17-11-12-18-29(27)39(4)34(32)33/h5-18,22,26,30H,19-21H2,1-4H3,(H,37,41)/t22?,26-,30+/m0/s1. The van der Waals surface area contributed by atoms with Crippen molar-refractivity contribution in [3.05, 3.63) is 107 Å². The summed E-state index contributed by atoms with van der Waals surface area (Å²) < 4.78 is 9.02. The summed E-state index contributed by atoms with van der Waals surface area (Å²) in [5.41, 5.74) is 7.54. The van der Waals surface area contributed by atoms with Gasteiger partial charge in [0.1, 0.15) is 6.23 Å². The molecule has 1 aromatic heterocycles. The number of anilines is 2. The maximum absolute atomic E-state index is 13.5. The lowest BCUT2D eigenvalue weighted by Gasteiger charge is -2.44. The van der Waals surface area contributed by atoms with Crippen molar-refractivity contribution in [2.75, 3.05) is 11.9 Å². The van der Waals surface area contributed by atoms with E-state index in [0.717, 1.165) is 56.3 Å². The Morgan fingerprint density at radius 2 is 1.63 bits per heavy atom. The lowest BCUT2D eigenvalue weighted by molar-refractivity contribution is -0.0620. The molecule has 3 atom stereocenters. The fourth-order valence-electron chi connectivity index (χ4n) is 7.21. The molecule has 7 rings (SSSR count). The van der Waals surface area contributed by atoms with Gasteiger partial charge in [0.05, 0.1) is 22.9 Å². The molecule has 7 heteroatoms. The summed E-state index contributed by atoms with van der Waals surface area (Å²) in [4.78, 5) is 31.0. The van der Waals surface area contributed by atoms with Gasteiger partial charge < -0.3 is 24.4 Å². The predicted octanol–water partition coefficient (Wildman–Crippen LogP) is 6.69. The van der Waals surface area contributed by atoms with Crippen molar-refractivity contribution in [1.29, 1.82) is 0 Å². The number of carbonyl (C=O) groups excluding carboxylic acids is 2. The van der Waals surface area contributed by atoms with Crippen molar-refractivity contribution >= 4 is 45.0 Å². The van der Waals surface area contributed by atoms with E-state index in [4.69, 9.17) is 4.74 Å². The summed E-state index contributed by atoms with van der Waals surface area (Å²) in [5, 5.41) is 5.32. The Labute approximate surface area is 251 Å². The van der Waals surface area contributed by atoms with Crippen LogP contribution in [0.2, 0.25) is 0 Å². The highest BCUT2D eigenvalue weighted by Gasteiger charge is 2.39. The second kappa shape index (κ2) is 10.6. The molecule has 2 amide bonds. The van der Waals surface area contributed by atoms with Crippen LogP contribution in [-0.4, -0.2) is 46.7 Å². The van der Waals surface area contributed by atoms with Gasteiger partial charge in [-0.05, 0) is 61.7 Å². The Bertz CT molecular complexity index is 1860. The lowest BCUT2D eigenvalue weighted by Crippen LogP contribution is -2.50. The maximum atomic E-state index is 13.5. The van der Waals surface area contributed by atoms with Crippen LogP contribution in [0.5, 0.6) is 0 Å². The van der Waals surface area contributed by atoms with Crippen molar-refractivity contribution in [3.63, 3.8) is 0 Å². The van der Waals surface area contributed by atoms with Gasteiger partial charge in [-0.15, -0.1) is 0 Å². The monoisotopic (exact) mass is 572 g/mol. The first-order valence-electron chi connectivity index (χ1n) is 15.0. The van der Waals surface area contributed by atoms with Crippen molar-refractivity contribution in [2.45, 2.75) is 51.6 Å². The van der Waals surface area contributed by atoms with Crippen LogP contribution in [0.3, 0.4) is 0 Å². The van der Waals surface area contributed by atoms with E-state index in [1.165, 1.54) is 0 Å². The van der Waals surface area contributed by atoms with Crippen molar-refractivity contribution in [1.82, 2.24) is 14.8 Å². The summed E-state index contributed by atoms with van der Waals surface area (Å²) >= 11 is 0. The number of amides is 2. The molecule has 0 bridgehead atoms. The molecule has 0 radical (unpaired) electrons. The van der Waals surface area contributed by atoms with E-state index in [9.17, 15) is 9.59 Å². The van der Waals surface area contributed by atoms with Gasteiger partial charge in [-0.3, -0.25) is 9.59 Å². The highest BCUT2D eigenvalue weighted by molar-refractivity contribution is 6.19. The fourth-order valence-corrected chi connectivity index (χ4v) is 7.21. The van der Waals surface area contributed by atoms with E-state index >= 15 is 0 Å². The van der Waals surface area contributed by atoms with Gasteiger partial charge in [0.2, 0.25) is 0 Å². The van der Waals surface area contributed by atoms with E-state index in [-0.39, 0.29) is 30.2 Å². The topological polar surface area (TPSA) is 66.8 Å². The smallest absolute Gasteiger partial charge is 0.253 e. The molecule has 1 N–H and O–H groups in total. The van der Waals surface area contributed by atoms with Crippen LogP contribution >= 0.6 is 0 Å². The number of para-hydroxylation sites is 2. The normalized spacial score (nSPS) is 19.8. The second-order valence-corrected chi connectivity index (χ2v) is 11.8. The van der Waals surface area contributed by atoms with Crippen molar-refractivity contribution in [2.24, 2.45) is 7.05 Å². The molecule has 1 fully saturated rings. The van der Waals surface area contributed by atoms with Gasteiger partial charge in [0.25, 0.3) is 11.8 Å². The van der Waals surface area contributed by atoms with Gasteiger partial charge in [-0.2, -0.15) is 0 Å². The Hall–Kier alpha value is -4.62. The Morgan fingerprint density at radius 1 is 0.953 bits per heavy atom. The third kappa shape index (κ3) is 4.38. The number of aryl methyl sites for hydroxylation is 1. The number of rotatable bonds is 5. The van der Waals surface area contributed by atoms with Gasteiger partial charge in [-0.25, -0.2) is 0 Å². The fraction of sp³-hybridized carbons (Fsp3) is 0.278. The van der Waals surface area contributed by atoms with E-state index in [1.807, 2.05) is 60.5 Å². The summed E-state index contributed by atoms with van der Waals surface area (Å²) in [5.74, 6) is -0.0354. The number of hydrogen-bond acceptors (Lipinski definition) is 4. The quantitative estimate of drug-likeness (QED) is 0.255. The molecule has 2 aliphatic rings. The molecule has 218 valence electrons. The maximum Gasteiger partial charge on any atom is 0.253 e. The molecule has 7 nitrogen and oxygen atoms in total. The molecule has 43 heavy (non-hydrogen) atoms. The molecule has 1 saturated heterocycles. The first-order chi connectivity index (χ1) is 20.8. The SMILES string of the molecule is Cc1c2c(c3c4ccccc4n(C)c3c1N(c1ccccc1)[C@H]1C[C@@H](N(C)C(=O)c3ccccc3)CC(C)O1)CNC2=O. The van der Waals surface area contributed by atoms with Gasteiger partial charge in [0.15, 0.2) is 0 Å². The number of nitrogens with one attached hydrogen (secondary N) is 1. The van der Waals surface area contributed by atoms with Crippen molar-refractivity contribution in [3.8, 4) is 0 Å². The molecule has 2 aliphatic heterocycles. The van der Waals surface area contributed by atoms with E-state index in [2.05, 4.69) is 72.1 Å². The zero-order chi connectivity index (χ0) is 29.8. The highest BCUT2D eigenvalue weighted by atomic mass is 16.5. The molecule has 1 unspecified atom stereocenters. The third-order valence-electron chi connectivity index (χ3n) is 9.24. The van der Waals surface area contributed by atoms with Crippen LogP contribution in [0, 0.1) is 6.92 Å². The molecular weight excluding hydrogens is 536 g/mol. The number of aromatic nitrogens is 1. The minimum Gasteiger partial charge on any atom is -0.355 e. The highest BCUT2D eigenvalue weighted by Crippen LogP contribution is 2.47. The minimum absolute atomic E-state index is 0.00571. The van der Waals surface area contributed by atoms with Gasteiger partial charge in [0, 0.05) is 60.6 Å². The predicted molar refractivity (Wildman–Crippen MR) is 171 cm³/mol.